The third-order valence-electron chi connectivity index (χ3n) is 7.99. The molecule has 0 fully saturated rings. The third-order valence-corrected chi connectivity index (χ3v) is 9.53. The summed E-state index contributed by atoms with van der Waals surface area (Å²) in [5, 5.41) is 9.79. The van der Waals surface area contributed by atoms with E-state index in [0.29, 0.717) is 33.6 Å². The molecule has 5 rings (SSSR count). The summed E-state index contributed by atoms with van der Waals surface area (Å²) in [5.74, 6) is -2.03. The molecule has 0 saturated carbocycles. The Balaban J connectivity index is 1.30. The molecule has 0 spiro atoms. The van der Waals surface area contributed by atoms with Crippen molar-refractivity contribution in [1.29, 1.82) is 0 Å². The Bertz CT molecular complexity index is 2280. The molecular formula is C35H32FN5O6S. The summed E-state index contributed by atoms with van der Waals surface area (Å²) in [6, 6.07) is 19.3. The molecule has 5 aromatic rings. The fourth-order valence-electron chi connectivity index (χ4n) is 5.23. The molecule has 0 aliphatic heterocycles. The van der Waals surface area contributed by atoms with E-state index in [2.05, 4.69) is 14.7 Å². The number of carbonyl (C=O) groups is 1. The molecule has 13 heteroatoms. The van der Waals surface area contributed by atoms with E-state index in [1.807, 2.05) is 12.1 Å². The Morgan fingerprint density at radius 1 is 0.979 bits per heavy atom. The Morgan fingerprint density at radius 2 is 1.69 bits per heavy atom. The second-order valence-electron chi connectivity index (χ2n) is 11.2. The molecule has 246 valence electrons. The summed E-state index contributed by atoms with van der Waals surface area (Å²) in [4.78, 5) is 45.4. The van der Waals surface area contributed by atoms with Gasteiger partial charge in [-0.25, -0.2) is 22.4 Å². The molecule has 48 heavy (non-hydrogen) atoms. The minimum absolute atomic E-state index is 0.0173. The van der Waals surface area contributed by atoms with Gasteiger partial charge in [-0.3, -0.25) is 24.1 Å². The summed E-state index contributed by atoms with van der Waals surface area (Å²) in [7, 11) is -1.08. The van der Waals surface area contributed by atoms with Crippen LogP contribution in [-0.2, 0) is 35.3 Å². The van der Waals surface area contributed by atoms with Crippen molar-refractivity contribution in [3.05, 3.63) is 134 Å². The summed E-state index contributed by atoms with van der Waals surface area (Å²) in [5.41, 5.74) is 3.03. The van der Waals surface area contributed by atoms with Gasteiger partial charge in [0.2, 0.25) is 0 Å². The Labute approximate surface area is 275 Å². The minimum atomic E-state index is -4.06. The van der Waals surface area contributed by atoms with Gasteiger partial charge in [-0.2, -0.15) is 0 Å². The predicted molar refractivity (Wildman–Crippen MR) is 181 cm³/mol. The molecule has 2 heterocycles. The lowest BCUT2D eigenvalue weighted by molar-refractivity contribution is -0.138. The maximum absolute atomic E-state index is 15.0. The normalized spacial score (nSPS) is 12.3. The minimum Gasteiger partial charge on any atom is -0.480 e. The Kier molecular flexibility index (Phi) is 9.52. The summed E-state index contributed by atoms with van der Waals surface area (Å²) in [6.45, 7) is 3.33. The standard InChI is InChI=1S/C35H32FN5O6S/c1-21-17-25(29-7-5-6-16-37-29)13-15-31(21)48(46,47)39-27-14-12-26(28(36)19-27)20-38-30(34(43)44)18-23-8-10-24(11-9-23)32-22(2)40(3)35(45)41(4)33(32)42/h5-17,19-20,30,39H,18H2,1-4H3,(H,43,44)/t30-/m0/s1. The zero-order valence-electron chi connectivity index (χ0n) is 26.5. The lowest BCUT2D eigenvalue weighted by Crippen LogP contribution is -2.39. The van der Waals surface area contributed by atoms with Gasteiger partial charge in [0.05, 0.1) is 21.8 Å². The van der Waals surface area contributed by atoms with Gasteiger partial charge in [0, 0.05) is 49.7 Å². The molecule has 0 radical (unpaired) electrons. The van der Waals surface area contributed by atoms with E-state index in [9.17, 15) is 27.9 Å². The number of sulfonamides is 1. The van der Waals surface area contributed by atoms with E-state index in [-0.39, 0.29) is 22.6 Å². The number of aliphatic imine (C=N–C) groups is 1. The SMILES string of the molecule is Cc1cc(-c2ccccn2)ccc1S(=O)(=O)Nc1ccc(C=N[C@@H](Cc2ccc(-c3c(C)n(C)c(=O)n(C)c3=O)cc2)C(=O)O)c(F)c1. The van der Waals surface area contributed by atoms with Gasteiger partial charge < -0.3 is 9.67 Å². The zero-order valence-corrected chi connectivity index (χ0v) is 27.3. The Hall–Kier alpha value is -5.69. The van der Waals surface area contributed by atoms with E-state index in [0.717, 1.165) is 22.4 Å². The molecule has 1 atom stereocenters. The first-order valence-corrected chi connectivity index (χ1v) is 16.2. The average molecular weight is 670 g/mol. The zero-order chi connectivity index (χ0) is 34.7. The summed E-state index contributed by atoms with van der Waals surface area (Å²) < 4.78 is 46.1. The number of nitrogens with one attached hydrogen (secondary N) is 1. The molecular weight excluding hydrogens is 637 g/mol. The van der Waals surface area contributed by atoms with Crippen LogP contribution < -0.4 is 16.0 Å². The van der Waals surface area contributed by atoms with Crippen molar-refractivity contribution >= 4 is 27.9 Å². The lowest BCUT2D eigenvalue weighted by atomic mass is 10.0. The highest BCUT2D eigenvalue weighted by Gasteiger charge is 2.20. The van der Waals surface area contributed by atoms with E-state index in [1.165, 1.54) is 29.8 Å². The highest BCUT2D eigenvalue weighted by atomic mass is 32.2. The molecule has 0 bridgehead atoms. The van der Waals surface area contributed by atoms with Crippen molar-refractivity contribution < 1.29 is 22.7 Å². The highest BCUT2D eigenvalue weighted by Crippen LogP contribution is 2.26. The van der Waals surface area contributed by atoms with Crippen LogP contribution in [0.4, 0.5) is 10.1 Å². The van der Waals surface area contributed by atoms with E-state index in [1.54, 1.807) is 69.6 Å². The van der Waals surface area contributed by atoms with Gasteiger partial charge in [0.1, 0.15) is 5.82 Å². The molecule has 0 amide bonds. The van der Waals surface area contributed by atoms with Crippen LogP contribution in [0.25, 0.3) is 22.4 Å². The van der Waals surface area contributed by atoms with Gasteiger partial charge in [0.25, 0.3) is 15.6 Å². The van der Waals surface area contributed by atoms with Crippen LogP contribution >= 0.6 is 0 Å². The van der Waals surface area contributed by atoms with Crippen molar-refractivity contribution in [2.75, 3.05) is 4.72 Å². The second kappa shape index (κ2) is 13.6. The van der Waals surface area contributed by atoms with Gasteiger partial charge in [-0.1, -0.05) is 36.4 Å². The smallest absolute Gasteiger partial charge is 0.330 e. The first-order valence-electron chi connectivity index (χ1n) is 14.7. The number of aromatic nitrogens is 3. The number of carboxylic acids is 1. The number of rotatable bonds is 10. The van der Waals surface area contributed by atoms with Crippen molar-refractivity contribution in [2.45, 2.75) is 31.2 Å². The number of carboxylic acid groups (broad SMARTS) is 1. The van der Waals surface area contributed by atoms with E-state index < -0.39 is 39.1 Å². The summed E-state index contributed by atoms with van der Waals surface area (Å²) >= 11 is 0. The van der Waals surface area contributed by atoms with Crippen molar-refractivity contribution in [1.82, 2.24) is 14.1 Å². The van der Waals surface area contributed by atoms with Crippen LogP contribution in [0.15, 0.2) is 105 Å². The first kappa shape index (κ1) is 33.7. The highest BCUT2D eigenvalue weighted by molar-refractivity contribution is 7.92. The lowest BCUT2D eigenvalue weighted by Gasteiger charge is -2.13. The molecule has 0 saturated heterocycles. The van der Waals surface area contributed by atoms with Gasteiger partial charge in [-0.15, -0.1) is 0 Å². The topological polar surface area (TPSA) is 153 Å². The number of benzene rings is 3. The monoisotopic (exact) mass is 669 g/mol. The van der Waals surface area contributed by atoms with E-state index in [4.69, 9.17) is 0 Å². The fourth-order valence-corrected chi connectivity index (χ4v) is 6.51. The maximum Gasteiger partial charge on any atom is 0.330 e. The van der Waals surface area contributed by atoms with Crippen LogP contribution in [0, 0.1) is 19.7 Å². The number of aliphatic carboxylic acids is 1. The van der Waals surface area contributed by atoms with Crippen molar-refractivity contribution in [3.63, 3.8) is 0 Å². The Morgan fingerprint density at radius 3 is 2.31 bits per heavy atom. The van der Waals surface area contributed by atoms with Gasteiger partial charge >= 0.3 is 11.7 Å². The molecule has 2 N–H and O–H groups in total. The molecule has 0 unspecified atom stereocenters. The molecule has 2 aromatic heterocycles. The first-order chi connectivity index (χ1) is 22.8. The van der Waals surface area contributed by atoms with Crippen LogP contribution in [0.1, 0.15) is 22.4 Å². The van der Waals surface area contributed by atoms with Crippen LogP contribution in [0.2, 0.25) is 0 Å². The van der Waals surface area contributed by atoms with Crippen LogP contribution in [-0.4, -0.2) is 45.9 Å². The number of nitrogens with zero attached hydrogens (tertiary/aromatic N) is 4. The van der Waals surface area contributed by atoms with E-state index >= 15 is 4.39 Å². The second-order valence-corrected chi connectivity index (χ2v) is 12.9. The number of aryl methyl sites for hydroxylation is 1. The number of hydrogen-bond acceptors (Lipinski definition) is 7. The quantitative estimate of drug-likeness (QED) is 0.208. The van der Waals surface area contributed by atoms with Crippen LogP contribution in [0.3, 0.4) is 0 Å². The fraction of sp³-hybridized carbons (Fsp3) is 0.171. The molecule has 0 aliphatic rings. The van der Waals surface area contributed by atoms with Crippen molar-refractivity contribution in [2.24, 2.45) is 19.1 Å². The number of hydrogen-bond donors (Lipinski definition) is 2. The number of anilines is 1. The number of halogens is 1. The van der Waals surface area contributed by atoms with Crippen molar-refractivity contribution in [3.8, 4) is 22.4 Å². The average Bonchev–Trinajstić information content (AvgIpc) is 3.06. The summed E-state index contributed by atoms with van der Waals surface area (Å²) in [6.07, 6.45) is 2.72. The van der Waals surface area contributed by atoms with Crippen LogP contribution in [0.5, 0.6) is 0 Å². The van der Waals surface area contributed by atoms with Gasteiger partial charge in [0.15, 0.2) is 6.04 Å². The largest absolute Gasteiger partial charge is 0.480 e. The molecule has 0 aliphatic carbocycles. The third kappa shape index (κ3) is 7.00. The number of pyridine rings is 1. The van der Waals surface area contributed by atoms with Gasteiger partial charge in [-0.05, 0) is 73.0 Å². The predicted octanol–water partition coefficient (Wildman–Crippen LogP) is 4.48. The molecule has 3 aromatic carbocycles. The molecule has 11 nitrogen and oxygen atoms in total. The maximum atomic E-state index is 15.0.